The third kappa shape index (κ3) is 4.21. The summed E-state index contributed by atoms with van der Waals surface area (Å²) in [6.07, 6.45) is 4.28. The molecule has 1 aliphatic carbocycles. The van der Waals surface area contributed by atoms with Crippen LogP contribution in [0.5, 0.6) is 0 Å². The van der Waals surface area contributed by atoms with E-state index in [0.29, 0.717) is 12.6 Å². The van der Waals surface area contributed by atoms with E-state index in [-0.39, 0.29) is 6.10 Å². The number of hydrogen-bond acceptors (Lipinski definition) is 4. The largest absolute Gasteiger partial charge is 0.382 e. The molecule has 4 heteroatoms. The molecule has 0 bridgehead atoms. The molecule has 2 aliphatic rings. The fourth-order valence-electron chi connectivity index (χ4n) is 2.67. The molecule has 0 amide bonds. The minimum atomic E-state index is 0.206. The van der Waals surface area contributed by atoms with Crippen molar-refractivity contribution in [3.63, 3.8) is 0 Å². The number of ether oxygens (including phenoxy) is 2. The van der Waals surface area contributed by atoms with Crippen molar-refractivity contribution in [1.82, 2.24) is 10.2 Å². The van der Waals surface area contributed by atoms with Gasteiger partial charge in [-0.2, -0.15) is 0 Å². The van der Waals surface area contributed by atoms with Gasteiger partial charge in [0.2, 0.25) is 0 Å². The van der Waals surface area contributed by atoms with Crippen LogP contribution in [0.2, 0.25) is 0 Å². The van der Waals surface area contributed by atoms with Crippen LogP contribution < -0.4 is 5.32 Å². The standard InChI is InChI=1S/C13H26N2O2/c1-16-10-12(17-2)8-15-7-3-6-14-13(9-15)11-4-5-11/h11-14H,3-10H2,1-2H3. The van der Waals surface area contributed by atoms with Gasteiger partial charge in [-0.05, 0) is 38.3 Å². The van der Waals surface area contributed by atoms with Gasteiger partial charge < -0.3 is 14.8 Å². The molecule has 1 heterocycles. The summed E-state index contributed by atoms with van der Waals surface area (Å²) in [6.45, 7) is 5.21. The maximum atomic E-state index is 5.46. The molecular weight excluding hydrogens is 216 g/mol. The Kier molecular flexibility index (Phi) is 5.22. The Bertz CT molecular complexity index is 221. The first-order chi connectivity index (χ1) is 8.33. The number of hydrogen-bond donors (Lipinski definition) is 1. The first kappa shape index (κ1) is 13.3. The normalized spacial score (nSPS) is 28.9. The van der Waals surface area contributed by atoms with Crippen LogP contribution in [-0.2, 0) is 9.47 Å². The zero-order valence-corrected chi connectivity index (χ0v) is 11.2. The van der Waals surface area contributed by atoms with Gasteiger partial charge in [0.25, 0.3) is 0 Å². The van der Waals surface area contributed by atoms with Crippen LogP contribution in [0.3, 0.4) is 0 Å². The van der Waals surface area contributed by atoms with Crippen LogP contribution in [0.4, 0.5) is 0 Å². The smallest absolute Gasteiger partial charge is 0.0931 e. The van der Waals surface area contributed by atoms with Gasteiger partial charge in [-0.15, -0.1) is 0 Å². The Balaban J connectivity index is 1.80. The van der Waals surface area contributed by atoms with Gasteiger partial charge in [-0.25, -0.2) is 0 Å². The second-order valence-corrected chi connectivity index (χ2v) is 5.32. The average molecular weight is 242 g/mol. The van der Waals surface area contributed by atoms with E-state index in [1.807, 2.05) is 0 Å². The summed E-state index contributed by atoms with van der Waals surface area (Å²) in [4.78, 5) is 2.54. The molecule has 0 aromatic carbocycles. The van der Waals surface area contributed by atoms with E-state index in [9.17, 15) is 0 Å². The molecule has 2 rings (SSSR count). The highest BCUT2D eigenvalue weighted by molar-refractivity contribution is 4.90. The monoisotopic (exact) mass is 242 g/mol. The van der Waals surface area contributed by atoms with Crippen LogP contribution in [0, 0.1) is 5.92 Å². The molecule has 0 aromatic heterocycles. The number of methoxy groups -OCH3 is 2. The van der Waals surface area contributed by atoms with Crippen LogP contribution in [0.1, 0.15) is 19.3 Å². The molecule has 1 N–H and O–H groups in total. The zero-order chi connectivity index (χ0) is 12.1. The summed E-state index contributed by atoms with van der Waals surface area (Å²) in [5.74, 6) is 0.930. The lowest BCUT2D eigenvalue weighted by Gasteiger charge is -2.27. The second kappa shape index (κ2) is 6.69. The quantitative estimate of drug-likeness (QED) is 0.744. The summed E-state index contributed by atoms with van der Waals surface area (Å²) < 4.78 is 10.6. The van der Waals surface area contributed by atoms with Gasteiger partial charge >= 0.3 is 0 Å². The van der Waals surface area contributed by atoms with Crippen molar-refractivity contribution in [2.75, 3.05) is 47.0 Å². The molecule has 1 saturated carbocycles. The number of nitrogens with one attached hydrogen (secondary N) is 1. The Morgan fingerprint density at radius 1 is 1.35 bits per heavy atom. The van der Waals surface area contributed by atoms with E-state index in [4.69, 9.17) is 9.47 Å². The zero-order valence-electron chi connectivity index (χ0n) is 11.2. The van der Waals surface area contributed by atoms with E-state index in [1.54, 1.807) is 14.2 Å². The SMILES string of the molecule is COCC(CN1CCCNC(C2CC2)C1)OC. The summed E-state index contributed by atoms with van der Waals surface area (Å²) >= 11 is 0. The number of nitrogens with zero attached hydrogens (tertiary/aromatic N) is 1. The topological polar surface area (TPSA) is 33.7 Å². The van der Waals surface area contributed by atoms with Gasteiger partial charge in [0.15, 0.2) is 0 Å². The van der Waals surface area contributed by atoms with Crippen LogP contribution in [-0.4, -0.2) is 64.1 Å². The first-order valence-electron chi connectivity index (χ1n) is 6.81. The average Bonchev–Trinajstić information content (AvgIpc) is 3.15. The Labute approximate surface area is 105 Å². The lowest BCUT2D eigenvalue weighted by atomic mass is 10.1. The maximum Gasteiger partial charge on any atom is 0.0931 e. The number of rotatable bonds is 6. The Morgan fingerprint density at radius 3 is 2.82 bits per heavy atom. The third-order valence-corrected chi connectivity index (χ3v) is 3.85. The molecule has 2 atom stereocenters. The summed E-state index contributed by atoms with van der Waals surface area (Å²) in [5.41, 5.74) is 0. The van der Waals surface area contributed by atoms with Crippen molar-refractivity contribution in [1.29, 1.82) is 0 Å². The minimum absolute atomic E-state index is 0.206. The van der Waals surface area contributed by atoms with E-state index in [1.165, 1.54) is 38.9 Å². The van der Waals surface area contributed by atoms with Crippen LogP contribution in [0.25, 0.3) is 0 Å². The highest BCUT2D eigenvalue weighted by Gasteiger charge is 2.33. The van der Waals surface area contributed by atoms with E-state index in [2.05, 4.69) is 10.2 Å². The van der Waals surface area contributed by atoms with Gasteiger partial charge in [0.1, 0.15) is 0 Å². The van der Waals surface area contributed by atoms with Crippen molar-refractivity contribution < 1.29 is 9.47 Å². The Morgan fingerprint density at radius 2 is 2.18 bits per heavy atom. The molecule has 0 aromatic rings. The fraction of sp³-hybridized carbons (Fsp3) is 1.00. The molecule has 17 heavy (non-hydrogen) atoms. The lowest BCUT2D eigenvalue weighted by molar-refractivity contribution is 0.00553. The molecule has 0 radical (unpaired) electrons. The molecular formula is C13H26N2O2. The summed E-state index contributed by atoms with van der Waals surface area (Å²) in [7, 11) is 3.52. The predicted molar refractivity (Wildman–Crippen MR) is 68.2 cm³/mol. The molecule has 2 unspecified atom stereocenters. The summed E-state index contributed by atoms with van der Waals surface area (Å²) in [6, 6.07) is 0.706. The molecule has 1 aliphatic heterocycles. The molecule has 2 fully saturated rings. The summed E-state index contributed by atoms with van der Waals surface area (Å²) in [5, 5.41) is 3.68. The van der Waals surface area contributed by atoms with Crippen molar-refractivity contribution in [2.24, 2.45) is 5.92 Å². The molecule has 100 valence electrons. The van der Waals surface area contributed by atoms with Crippen molar-refractivity contribution >= 4 is 0 Å². The van der Waals surface area contributed by atoms with Gasteiger partial charge in [-0.3, -0.25) is 4.90 Å². The van der Waals surface area contributed by atoms with Crippen molar-refractivity contribution in [2.45, 2.75) is 31.4 Å². The van der Waals surface area contributed by atoms with E-state index in [0.717, 1.165) is 12.5 Å². The van der Waals surface area contributed by atoms with Gasteiger partial charge in [0, 0.05) is 33.4 Å². The Hall–Kier alpha value is -0.160. The van der Waals surface area contributed by atoms with E-state index >= 15 is 0 Å². The van der Waals surface area contributed by atoms with E-state index < -0.39 is 0 Å². The van der Waals surface area contributed by atoms with Crippen LogP contribution in [0.15, 0.2) is 0 Å². The maximum absolute atomic E-state index is 5.46. The minimum Gasteiger partial charge on any atom is -0.382 e. The predicted octanol–water partition coefficient (Wildman–Crippen LogP) is 0.722. The van der Waals surface area contributed by atoms with Crippen LogP contribution >= 0.6 is 0 Å². The van der Waals surface area contributed by atoms with Crippen molar-refractivity contribution in [3.05, 3.63) is 0 Å². The molecule has 1 saturated heterocycles. The third-order valence-electron chi connectivity index (χ3n) is 3.85. The highest BCUT2D eigenvalue weighted by atomic mass is 16.5. The highest BCUT2D eigenvalue weighted by Crippen LogP contribution is 2.33. The fourth-order valence-corrected chi connectivity index (χ4v) is 2.67. The van der Waals surface area contributed by atoms with Crippen molar-refractivity contribution in [3.8, 4) is 0 Å². The lowest BCUT2D eigenvalue weighted by Crippen LogP contribution is -2.43. The molecule has 4 nitrogen and oxygen atoms in total. The second-order valence-electron chi connectivity index (χ2n) is 5.32. The van der Waals surface area contributed by atoms with Gasteiger partial charge in [0.05, 0.1) is 12.7 Å². The van der Waals surface area contributed by atoms with Gasteiger partial charge in [-0.1, -0.05) is 0 Å². The first-order valence-corrected chi connectivity index (χ1v) is 6.81. The molecule has 0 spiro atoms.